The molecule has 0 aliphatic rings. The molecule has 0 saturated heterocycles. The molecule has 1 N–H and O–H groups in total. The third kappa shape index (κ3) is 6.11. The van der Waals surface area contributed by atoms with Gasteiger partial charge >= 0.3 is 6.36 Å². The molecule has 1 amide bonds. The molecule has 0 heterocycles. The van der Waals surface area contributed by atoms with E-state index in [2.05, 4.69) is 10.1 Å². The molecule has 128 valence electrons. The highest BCUT2D eigenvalue weighted by Gasteiger charge is 2.32. The Bertz CT molecular complexity index is 689. The molecule has 0 bridgehead atoms. The van der Waals surface area contributed by atoms with Crippen molar-refractivity contribution in [2.24, 2.45) is 0 Å². The van der Waals surface area contributed by atoms with Gasteiger partial charge in [0.05, 0.1) is 11.4 Å². The largest absolute Gasteiger partial charge is 0.573 e. The van der Waals surface area contributed by atoms with Crippen LogP contribution in [0.25, 0.3) is 0 Å². The van der Waals surface area contributed by atoms with Crippen LogP contribution in [0.4, 0.5) is 23.2 Å². The molecule has 0 atom stereocenters. The van der Waals surface area contributed by atoms with Gasteiger partial charge in [0.1, 0.15) is 5.82 Å². The van der Waals surface area contributed by atoms with Crippen molar-refractivity contribution in [3.8, 4) is 5.75 Å². The fourth-order valence-electron chi connectivity index (χ4n) is 1.81. The first-order chi connectivity index (χ1) is 11.3. The molecule has 2 aromatic carbocycles. The molecule has 0 radical (unpaired) electrons. The summed E-state index contributed by atoms with van der Waals surface area (Å²) >= 11 is 1.26. The lowest BCUT2D eigenvalue weighted by Gasteiger charge is -2.13. The van der Waals surface area contributed by atoms with Crippen molar-refractivity contribution < 1.29 is 27.1 Å². The van der Waals surface area contributed by atoms with Gasteiger partial charge in [-0.15, -0.1) is 24.9 Å². The molecule has 24 heavy (non-hydrogen) atoms. The number of amides is 1. The highest BCUT2D eigenvalue weighted by Crippen LogP contribution is 2.30. The van der Waals surface area contributed by atoms with Gasteiger partial charge in [0, 0.05) is 5.75 Å². The Hall–Kier alpha value is -2.22. The monoisotopic (exact) mass is 359 g/mol. The van der Waals surface area contributed by atoms with Gasteiger partial charge in [0.15, 0.2) is 5.75 Å². The van der Waals surface area contributed by atoms with Crippen LogP contribution in [0.15, 0.2) is 48.5 Å². The second-order valence-electron chi connectivity index (χ2n) is 4.71. The molecule has 0 aromatic heterocycles. The number of para-hydroxylation sites is 2. The van der Waals surface area contributed by atoms with Crippen LogP contribution in [0.3, 0.4) is 0 Å². The second kappa shape index (κ2) is 8.05. The molecule has 0 aliphatic carbocycles. The van der Waals surface area contributed by atoms with Gasteiger partial charge in [-0.25, -0.2) is 4.39 Å². The summed E-state index contributed by atoms with van der Waals surface area (Å²) in [6.45, 7) is 0. The van der Waals surface area contributed by atoms with Gasteiger partial charge in [-0.05, 0) is 29.8 Å². The van der Waals surface area contributed by atoms with Crippen molar-refractivity contribution in [3.05, 3.63) is 59.9 Å². The predicted octanol–water partition coefficient (Wildman–Crippen LogP) is 4.60. The van der Waals surface area contributed by atoms with Gasteiger partial charge in [0.25, 0.3) is 0 Å². The van der Waals surface area contributed by atoms with E-state index in [4.69, 9.17) is 0 Å². The fraction of sp³-hybridized carbons (Fsp3) is 0.188. The number of anilines is 1. The van der Waals surface area contributed by atoms with Gasteiger partial charge in [-0.2, -0.15) is 0 Å². The minimum Gasteiger partial charge on any atom is -0.404 e. The average molecular weight is 359 g/mol. The first kappa shape index (κ1) is 18.1. The first-order valence-corrected chi connectivity index (χ1v) is 7.96. The quantitative estimate of drug-likeness (QED) is 0.767. The van der Waals surface area contributed by atoms with Crippen molar-refractivity contribution in [3.63, 3.8) is 0 Å². The highest BCUT2D eigenvalue weighted by atomic mass is 32.2. The molecular formula is C16H13F4NO2S. The summed E-state index contributed by atoms with van der Waals surface area (Å²) in [5, 5.41) is 2.38. The molecular weight excluding hydrogens is 346 g/mol. The maximum atomic E-state index is 12.8. The Labute approximate surface area is 140 Å². The van der Waals surface area contributed by atoms with E-state index in [1.54, 1.807) is 12.1 Å². The molecule has 2 rings (SSSR count). The first-order valence-electron chi connectivity index (χ1n) is 6.80. The zero-order chi connectivity index (χ0) is 17.6. The van der Waals surface area contributed by atoms with Crippen molar-refractivity contribution in [1.29, 1.82) is 0 Å². The van der Waals surface area contributed by atoms with Gasteiger partial charge < -0.3 is 10.1 Å². The number of hydrogen-bond donors (Lipinski definition) is 1. The van der Waals surface area contributed by atoms with Crippen LogP contribution < -0.4 is 10.1 Å². The van der Waals surface area contributed by atoms with Crippen molar-refractivity contribution in [1.82, 2.24) is 0 Å². The second-order valence-corrected chi connectivity index (χ2v) is 5.70. The molecule has 0 spiro atoms. The van der Waals surface area contributed by atoms with E-state index in [-0.39, 0.29) is 17.3 Å². The lowest BCUT2D eigenvalue weighted by Crippen LogP contribution is -2.20. The number of ether oxygens (including phenoxy) is 1. The summed E-state index contributed by atoms with van der Waals surface area (Å²) in [5.74, 6) is -0.753. The number of halogens is 4. The maximum Gasteiger partial charge on any atom is 0.573 e. The topological polar surface area (TPSA) is 38.3 Å². The summed E-state index contributed by atoms with van der Waals surface area (Å²) in [5.41, 5.74) is 0.789. The SMILES string of the molecule is O=C(CSCc1ccc(F)cc1)Nc1ccccc1OC(F)(F)F. The predicted molar refractivity (Wildman–Crippen MR) is 84.3 cm³/mol. The van der Waals surface area contributed by atoms with E-state index in [9.17, 15) is 22.4 Å². The van der Waals surface area contributed by atoms with E-state index in [1.807, 2.05) is 0 Å². The lowest BCUT2D eigenvalue weighted by atomic mass is 10.2. The molecule has 0 saturated carbocycles. The number of nitrogens with one attached hydrogen (secondary N) is 1. The molecule has 0 unspecified atom stereocenters. The zero-order valence-corrected chi connectivity index (χ0v) is 13.1. The number of thioether (sulfide) groups is 1. The van der Waals surface area contributed by atoms with Crippen LogP contribution in [-0.2, 0) is 10.5 Å². The van der Waals surface area contributed by atoms with Crippen LogP contribution in [0.1, 0.15) is 5.56 Å². The standard InChI is InChI=1S/C16H13F4NO2S/c17-12-7-5-11(6-8-12)9-24-10-15(22)21-13-3-1-2-4-14(13)23-16(18,19)20/h1-8H,9-10H2,(H,21,22). The molecule has 3 nitrogen and oxygen atoms in total. The number of alkyl halides is 3. The molecule has 2 aromatic rings. The van der Waals surface area contributed by atoms with Crippen LogP contribution in [0.5, 0.6) is 5.75 Å². The van der Waals surface area contributed by atoms with E-state index < -0.39 is 18.0 Å². The van der Waals surface area contributed by atoms with Crippen molar-refractivity contribution in [2.45, 2.75) is 12.1 Å². The Morgan fingerprint density at radius 1 is 1.08 bits per heavy atom. The average Bonchev–Trinajstić information content (AvgIpc) is 2.50. The summed E-state index contributed by atoms with van der Waals surface area (Å²) in [7, 11) is 0. The summed E-state index contributed by atoms with van der Waals surface area (Å²) in [4.78, 5) is 11.8. The van der Waals surface area contributed by atoms with Gasteiger partial charge in [0.2, 0.25) is 5.91 Å². The van der Waals surface area contributed by atoms with Crippen molar-refractivity contribution in [2.75, 3.05) is 11.1 Å². The Balaban J connectivity index is 1.87. The Kier molecular flexibility index (Phi) is 6.08. The summed E-state index contributed by atoms with van der Waals surface area (Å²) in [6, 6.07) is 11.2. The van der Waals surface area contributed by atoms with Crippen LogP contribution in [0.2, 0.25) is 0 Å². The number of rotatable bonds is 6. The number of benzene rings is 2. The molecule has 0 aliphatic heterocycles. The highest BCUT2D eigenvalue weighted by molar-refractivity contribution is 7.99. The van der Waals surface area contributed by atoms with E-state index in [0.717, 1.165) is 11.6 Å². The Morgan fingerprint density at radius 3 is 2.42 bits per heavy atom. The maximum absolute atomic E-state index is 12.8. The van der Waals surface area contributed by atoms with E-state index in [1.165, 1.54) is 42.1 Å². The molecule has 0 fully saturated rings. The summed E-state index contributed by atoms with van der Waals surface area (Å²) < 4.78 is 53.6. The smallest absolute Gasteiger partial charge is 0.404 e. The van der Waals surface area contributed by atoms with Gasteiger partial charge in [-0.1, -0.05) is 24.3 Å². The third-order valence-electron chi connectivity index (χ3n) is 2.80. The van der Waals surface area contributed by atoms with E-state index >= 15 is 0 Å². The van der Waals surface area contributed by atoms with Crippen molar-refractivity contribution >= 4 is 23.4 Å². The number of carbonyl (C=O) groups excluding carboxylic acids is 1. The van der Waals surface area contributed by atoms with Crippen LogP contribution >= 0.6 is 11.8 Å². The van der Waals surface area contributed by atoms with Gasteiger partial charge in [-0.3, -0.25) is 4.79 Å². The minimum absolute atomic E-state index is 0.0394. The summed E-state index contributed by atoms with van der Waals surface area (Å²) in [6.07, 6.45) is -4.84. The third-order valence-corrected chi connectivity index (χ3v) is 3.81. The van der Waals surface area contributed by atoms with Crippen LogP contribution in [0, 0.1) is 5.82 Å². The lowest BCUT2D eigenvalue weighted by molar-refractivity contribution is -0.274. The van der Waals surface area contributed by atoms with E-state index in [0.29, 0.717) is 5.75 Å². The number of hydrogen-bond acceptors (Lipinski definition) is 3. The molecule has 8 heteroatoms. The minimum atomic E-state index is -4.84. The number of carbonyl (C=O) groups is 1. The van der Waals surface area contributed by atoms with Crippen LogP contribution in [-0.4, -0.2) is 18.0 Å². The Morgan fingerprint density at radius 2 is 1.75 bits per heavy atom. The fourth-order valence-corrected chi connectivity index (χ4v) is 2.60. The normalized spacial score (nSPS) is 11.2. The zero-order valence-electron chi connectivity index (χ0n) is 12.3.